The lowest BCUT2D eigenvalue weighted by Gasteiger charge is -2.05. The molecule has 2 rings (SSSR count). The van der Waals surface area contributed by atoms with Gasteiger partial charge in [0.05, 0.1) is 0 Å². The average Bonchev–Trinajstić information content (AvgIpc) is 2.13. The fraction of sp³-hybridized carbons (Fsp3) is 0.182. The molecule has 0 unspecified atom stereocenters. The van der Waals surface area contributed by atoms with Gasteiger partial charge in [-0.25, -0.2) is 4.79 Å². The first-order valence-electron chi connectivity index (χ1n) is 4.46. The van der Waals surface area contributed by atoms with Gasteiger partial charge < -0.3 is 14.6 Å². The number of fused-ring (bicyclic) bond motifs is 1. The molecular weight excluding hydrogens is 196 g/mol. The van der Waals surface area contributed by atoms with Crippen LogP contribution >= 0.6 is 0 Å². The van der Waals surface area contributed by atoms with Crippen LogP contribution in [0.4, 0.5) is 0 Å². The number of benzene rings is 1. The fourth-order valence-corrected chi connectivity index (χ4v) is 1.55. The molecule has 0 aliphatic rings. The van der Waals surface area contributed by atoms with Crippen LogP contribution in [-0.4, -0.2) is 10.2 Å². The van der Waals surface area contributed by atoms with Crippen LogP contribution < -0.4 is 5.63 Å². The van der Waals surface area contributed by atoms with E-state index < -0.39 is 5.63 Å². The summed E-state index contributed by atoms with van der Waals surface area (Å²) >= 11 is 0. The number of aromatic hydroxyl groups is 2. The van der Waals surface area contributed by atoms with Crippen molar-refractivity contribution in [3.63, 3.8) is 0 Å². The molecule has 2 N–H and O–H groups in total. The molecule has 0 radical (unpaired) electrons. The first-order valence-corrected chi connectivity index (χ1v) is 4.46. The van der Waals surface area contributed by atoms with E-state index in [1.54, 1.807) is 13.0 Å². The third kappa shape index (κ3) is 1.34. The van der Waals surface area contributed by atoms with E-state index in [0.717, 1.165) is 0 Å². The number of aryl methyl sites for hydroxylation is 1. The highest BCUT2D eigenvalue weighted by molar-refractivity contribution is 5.90. The maximum Gasteiger partial charge on any atom is 0.347 e. The van der Waals surface area contributed by atoms with Gasteiger partial charge in [-0.2, -0.15) is 0 Å². The van der Waals surface area contributed by atoms with Crippen LogP contribution in [0, 0.1) is 13.8 Å². The number of hydrogen-bond donors (Lipinski definition) is 2. The lowest BCUT2D eigenvalue weighted by atomic mass is 10.1. The van der Waals surface area contributed by atoms with E-state index in [2.05, 4.69) is 0 Å². The molecule has 78 valence electrons. The SMILES string of the molecule is Cc1cc2cc(O)c(C)c(O)c2c(=O)o1. The van der Waals surface area contributed by atoms with Gasteiger partial charge in [-0.15, -0.1) is 0 Å². The normalized spacial score (nSPS) is 10.8. The Hall–Kier alpha value is -1.97. The summed E-state index contributed by atoms with van der Waals surface area (Å²) < 4.78 is 4.87. The van der Waals surface area contributed by atoms with E-state index >= 15 is 0 Å². The molecule has 0 bridgehead atoms. The van der Waals surface area contributed by atoms with Crippen LogP contribution in [0.25, 0.3) is 10.8 Å². The first kappa shape index (κ1) is 9.58. The second kappa shape index (κ2) is 3.02. The third-order valence-electron chi connectivity index (χ3n) is 2.37. The molecule has 0 atom stereocenters. The number of phenolic OH excluding ortho intramolecular Hbond substituents is 2. The minimum atomic E-state index is -0.592. The summed E-state index contributed by atoms with van der Waals surface area (Å²) in [5, 5.41) is 19.8. The Morgan fingerprint density at radius 1 is 1.20 bits per heavy atom. The Bertz CT molecular complexity index is 596. The van der Waals surface area contributed by atoms with Crippen molar-refractivity contribution < 1.29 is 14.6 Å². The largest absolute Gasteiger partial charge is 0.508 e. The maximum absolute atomic E-state index is 11.5. The number of phenols is 2. The first-order chi connectivity index (χ1) is 7.00. The zero-order valence-corrected chi connectivity index (χ0v) is 8.37. The van der Waals surface area contributed by atoms with E-state index in [1.165, 1.54) is 13.0 Å². The monoisotopic (exact) mass is 206 g/mol. The van der Waals surface area contributed by atoms with E-state index in [1.807, 2.05) is 0 Å². The lowest BCUT2D eigenvalue weighted by Crippen LogP contribution is -2.01. The van der Waals surface area contributed by atoms with Crippen molar-refractivity contribution in [1.82, 2.24) is 0 Å². The topological polar surface area (TPSA) is 70.7 Å². The summed E-state index contributed by atoms with van der Waals surface area (Å²) in [7, 11) is 0. The standard InChI is InChI=1S/C11H10O4/c1-5-3-7-4-8(12)6(2)10(13)9(7)11(14)15-5/h3-4,12-13H,1-2H3. The molecule has 1 aromatic heterocycles. The molecule has 0 saturated carbocycles. The summed E-state index contributed by atoms with van der Waals surface area (Å²) in [5.41, 5.74) is -0.316. The zero-order chi connectivity index (χ0) is 11.2. The Balaban J connectivity index is 3.06. The van der Waals surface area contributed by atoms with E-state index in [4.69, 9.17) is 4.42 Å². The van der Waals surface area contributed by atoms with Crippen LogP contribution in [-0.2, 0) is 0 Å². The van der Waals surface area contributed by atoms with Gasteiger partial charge >= 0.3 is 5.63 Å². The summed E-state index contributed by atoms with van der Waals surface area (Å²) in [4.78, 5) is 11.5. The molecule has 15 heavy (non-hydrogen) atoms. The van der Waals surface area contributed by atoms with Crippen molar-refractivity contribution in [2.75, 3.05) is 0 Å². The zero-order valence-electron chi connectivity index (χ0n) is 8.37. The van der Waals surface area contributed by atoms with E-state index in [9.17, 15) is 15.0 Å². The Morgan fingerprint density at radius 2 is 1.87 bits per heavy atom. The molecule has 1 heterocycles. The van der Waals surface area contributed by atoms with Crippen LogP contribution in [0.2, 0.25) is 0 Å². The van der Waals surface area contributed by atoms with Gasteiger partial charge in [0.15, 0.2) is 0 Å². The quantitative estimate of drug-likeness (QED) is 0.689. The van der Waals surface area contributed by atoms with Gasteiger partial charge in [0.1, 0.15) is 22.6 Å². The molecular formula is C11H10O4. The fourth-order valence-electron chi connectivity index (χ4n) is 1.55. The smallest absolute Gasteiger partial charge is 0.347 e. The molecule has 2 aromatic rings. The third-order valence-corrected chi connectivity index (χ3v) is 2.37. The Morgan fingerprint density at radius 3 is 2.53 bits per heavy atom. The van der Waals surface area contributed by atoms with Crippen molar-refractivity contribution in [3.8, 4) is 11.5 Å². The predicted molar refractivity (Wildman–Crippen MR) is 55.3 cm³/mol. The second-order valence-electron chi connectivity index (χ2n) is 3.48. The number of hydrogen-bond acceptors (Lipinski definition) is 4. The minimum absolute atomic E-state index is 0.0370. The van der Waals surface area contributed by atoms with Crippen molar-refractivity contribution in [2.45, 2.75) is 13.8 Å². The highest BCUT2D eigenvalue weighted by Gasteiger charge is 2.12. The molecule has 0 aliphatic heterocycles. The highest BCUT2D eigenvalue weighted by atomic mass is 16.4. The molecule has 1 aromatic carbocycles. The summed E-state index contributed by atoms with van der Waals surface area (Å²) in [5.74, 6) is 0.180. The van der Waals surface area contributed by atoms with Gasteiger partial charge in [0, 0.05) is 5.56 Å². The minimum Gasteiger partial charge on any atom is -0.508 e. The van der Waals surface area contributed by atoms with Crippen molar-refractivity contribution in [1.29, 1.82) is 0 Å². The molecule has 0 fully saturated rings. The highest BCUT2D eigenvalue weighted by Crippen LogP contribution is 2.32. The van der Waals surface area contributed by atoms with Crippen LogP contribution in [0.15, 0.2) is 21.3 Å². The Labute approximate surface area is 85.4 Å². The van der Waals surface area contributed by atoms with Crippen LogP contribution in [0.3, 0.4) is 0 Å². The van der Waals surface area contributed by atoms with Gasteiger partial charge in [0.2, 0.25) is 0 Å². The van der Waals surface area contributed by atoms with Gasteiger partial charge in [0.25, 0.3) is 0 Å². The molecule has 0 saturated heterocycles. The van der Waals surface area contributed by atoms with Crippen molar-refractivity contribution >= 4 is 10.8 Å². The molecule has 0 spiro atoms. The summed E-state index contributed by atoms with van der Waals surface area (Å²) in [6.45, 7) is 3.16. The average molecular weight is 206 g/mol. The number of rotatable bonds is 0. The van der Waals surface area contributed by atoms with E-state index in [0.29, 0.717) is 11.1 Å². The van der Waals surface area contributed by atoms with Crippen molar-refractivity contribution in [3.05, 3.63) is 33.9 Å². The lowest BCUT2D eigenvalue weighted by molar-refractivity contribution is 0.442. The van der Waals surface area contributed by atoms with Gasteiger partial charge in [-0.1, -0.05) is 0 Å². The van der Waals surface area contributed by atoms with Crippen molar-refractivity contribution in [2.24, 2.45) is 0 Å². The molecule has 0 amide bonds. The predicted octanol–water partition coefficient (Wildman–Crippen LogP) is 1.82. The molecule has 4 nitrogen and oxygen atoms in total. The Kier molecular flexibility index (Phi) is 1.93. The molecule has 0 aliphatic carbocycles. The van der Waals surface area contributed by atoms with Crippen LogP contribution in [0.1, 0.15) is 11.3 Å². The maximum atomic E-state index is 11.5. The van der Waals surface area contributed by atoms with Gasteiger partial charge in [-0.3, -0.25) is 0 Å². The second-order valence-corrected chi connectivity index (χ2v) is 3.48. The summed E-state index contributed by atoms with van der Waals surface area (Å²) in [6.07, 6.45) is 0. The van der Waals surface area contributed by atoms with Crippen LogP contribution in [0.5, 0.6) is 11.5 Å². The van der Waals surface area contributed by atoms with Gasteiger partial charge in [-0.05, 0) is 31.4 Å². The summed E-state index contributed by atoms with van der Waals surface area (Å²) in [6, 6.07) is 3.03. The molecule has 4 heteroatoms. The van der Waals surface area contributed by atoms with E-state index in [-0.39, 0.29) is 22.4 Å².